The second-order valence-electron chi connectivity index (χ2n) is 3.53. The molecule has 1 aromatic carbocycles. The number of aromatic nitrogens is 1. The van der Waals surface area contributed by atoms with E-state index in [1.54, 1.807) is 0 Å². The number of nitrogens with one attached hydrogen (secondary N) is 1. The van der Waals surface area contributed by atoms with Crippen molar-refractivity contribution in [3.05, 3.63) is 30.5 Å². The number of aryl methyl sites for hydroxylation is 1. The van der Waals surface area contributed by atoms with Crippen LogP contribution in [0, 0.1) is 0 Å². The van der Waals surface area contributed by atoms with Crippen molar-refractivity contribution in [3.63, 3.8) is 0 Å². The van der Waals surface area contributed by atoms with Gasteiger partial charge in [-0.05, 0) is 18.6 Å². The molecule has 1 aliphatic heterocycles. The van der Waals surface area contributed by atoms with Crippen LogP contribution in [0.2, 0.25) is 0 Å². The van der Waals surface area contributed by atoms with E-state index in [0.717, 1.165) is 13.1 Å². The molecule has 0 amide bonds. The fourth-order valence-corrected chi connectivity index (χ4v) is 2.06. The molecular weight excluding hydrogens is 160 g/mol. The predicted octanol–water partition coefficient (Wildman–Crippen LogP) is 2.46. The van der Waals surface area contributed by atoms with Crippen molar-refractivity contribution in [1.82, 2.24) is 4.57 Å². The van der Waals surface area contributed by atoms with Gasteiger partial charge in [-0.25, -0.2) is 0 Å². The third-order valence-corrected chi connectivity index (χ3v) is 2.68. The van der Waals surface area contributed by atoms with Crippen molar-refractivity contribution in [3.8, 4) is 0 Å². The number of hydrogen-bond acceptors (Lipinski definition) is 1. The second-order valence-corrected chi connectivity index (χ2v) is 3.53. The molecule has 3 rings (SSSR count). The summed E-state index contributed by atoms with van der Waals surface area (Å²) in [6.07, 6.45) is 3.39. The van der Waals surface area contributed by atoms with Gasteiger partial charge >= 0.3 is 0 Å². The molecule has 0 bridgehead atoms. The lowest BCUT2D eigenvalue weighted by atomic mass is 10.2. The van der Waals surface area contributed by atoms with Gasteiger partial charge in [-0.2, -0.15) is 0 Å². The molecule has 0 atom stereocenters. The molecule has 66 valence electrons. The molecule has 0 saturated heterocycles. The maximum atomic E-state index is 3.45. The van der Waals surface area contributed by atoms with Crippen molar-refractivity contribution in [2.45, 2.75) is 13.0 Å². The summed E-state index contributed by atoms with van der Waals surface area (Å²) >= 11 is 0. The maximum Gasteiger partial charge on any atom is 0.0715 e. The minimum absolute atomic E-state index is 1.08. The van der Waals surface area contributed by atoms with Crippen LogP contribution in [0.15, 0.2) is 30.5 Å². The van der Waals surface area contributed by atoms with Gasteiger partial charge in [0.1, 0.15) is 0 Å². The van der Waals surface area contributed by atoms with Crippen LogP contribution in [-0.4, -0.2) is 11.1 Å². The normalized spacial score (nSPS) is 15.4. The van der Waals surface area contributed by atoms with E-state index in [0.29, 0.717) is 0 Å². The van der Waals surface area contributed by atoms with Gasteiger partial charge in [-0.15, -0.1) is 0 Å². The van der Waals surface area contributed by atoms with Crippen molar-refractivity contribution in [2.24, 2.45) is 0 Å². The molecule has 2 heteroatoms. The van der Waals surface area contributed by atoms with Gasteiger partial charge in [-0.1, -0.05) is 12.1 Å². The Kier molecular flexibility index (Phi) is 1.36. The first-order valence-corrected chi connectivity index (χ1v) is 4.77. The third kappa shape index (κ3) is 0.949. The minimum atomic E-state index is 1.08. The van der Waals surface area contributed by atoms with Gasteiger partial charge < -0.3 is 9.88 Å². The molecule has 0 spiro atoms. The zero-order chi connectivity index (χ0) is 8.67. The van der Waals surface area contributed by atoms with E-state index in [4.69, 9.17) is 0 Å². The topological polar surface area (TPSA) is 17.0 Å². The Labute approximate surface area is 77.2 Å². The van der Waals surface area contributed by atoms with Crippen molar-refractivity contribution in [1.29, 1.82) is 0 Å². The average molecular weight is 172 g/mol. The van der Waals surface area contributed by atoms with Crippen LogP contribution < -0.4 is 5.32 Å². The van der Waals surface area contributed by atoms with E-state index < -0.39 is 0 Å². The monoisotopic (exact) mass is 172 g/mol. The molecule has 0 unspecified atom stereocenters. The molecule has 2 heterocycles. The van der Waals surface area contributed by atoms with Crippen LogP contribution in [0.25, 0.3) is 10.9 Å². The Morgan fingerprint density at radius 2 is 2.23 bits per heavy atom. The first-order chi connectivity index (χ1) is 6.45. The lowest BCUT2D eigenvalue weighted by Crippen LogP contribution is -1.99. The average Bonchev–Trinajstić information content (AvgIpc) is 2.44. The van der Waals surface area contributed by atoms with Crippen LogP contribution in [0.4, 0.5) is 5.69 Å². The highest BCUT2D eigenvalue weighted by atomic mass is 15.0. The third-order valence-electron chi connectivity index (χ3n) is 2.68. The number of hydrogen-bond donors (Lipinski definition) is 1. The number of benzene rings is 1. The summed E-state index contributed by atoms with van der Waals surface area (Å²) in [6.45, 7) is 2.22. The maximum absolute atomic E-state index is 3.45. The van der Waals surface area contributed by atoms with E-state index in [1.165, 1.54) is 23.0 Å². The van der Waals surface area contributed by atoms with Crippen molar-refractivity contribution < 1.29 is 0 Å². The number of anilines is 1. The quantitative estimate of drug-likeness (QED) is 0.646. The lowest BCUT2D eigenvalue weighted by Gasteiger charge is -2.03. The summed E-state index contributed by atoms with van der Waals surface area (Å²) in [5, 5.41) is 4.79. The van der Waals surface area contributed by atoms with E-state index in [-0.39, 0.29) is 0 Å². The van der Waals surface area contributed by atoms with Crippen LogP contribution in [0.3, 0.4) is 0 Å². The van der Waals surface area contributed by atoms with E-state index in [9.17, 15) is 0 Å². The molecular formula is C11H12N2. The van der Waals surface area contributed by atoms with E-state index in [2.05, 4.69) is 40.3 Å². The fraction of sp³-hybridized carbons (Fsp3) is 0.273. The predicted molar refractivity (Wildman–Crippen MR) is 55.0 cm³/mol. The molecule has 13 heavy (non-hydrogen) atoms. The van der Waals surface area contributed by atoms with Crippen LogP contribution in [0.1, 0.15) is 6.42 Å². The first kappa shape index (κ1) is 7.01. The highest BCUT2D eigenvalue weighted by Gasteiger charge is 2.08. The fourth-order valence-electron chi connectivity index (χ4n) is 2.06. The number of para-hydroxylation sites is 1. The summed E-state index contributed by atoms with van der Waals surface area (Å²) < 4.78 is 2.34. The van der Waals surface area contributed by atoms with Gasteiger partial charge in [0.2, 0.25) is 0 Å². The van der Waals surface area contributed by atoms with Gasteiger partial charge in [0.15, 0.2) is 0 Å². The molecule has 0 fully saturated rings. The van der Waals surface area contributed by atoms with Crippen molar-refractivity contribution >= 4 is 16.6 Å². The number of rotatable bonds is 0. The standard InChI is InChI=1S/C11H12N2/c1-3-9-5-8-13-7-2-6-12-10(4-1)11(9)13/h1,3-5,8,12H,2,6-7H2. The number of nitrogens with zero attached hydrogens (tertiary/aromatic N) is 1. The van der Waals surface area contributed by atoms with Crippen LogP contribution >= 0.6 is 0 Å². The minimum Gasteiger partial charge on any atom is -0.383 e. The Balaban J connectivity index is 2.40. The first-order valence-electron chi connectivity index (χ1n) is 4.77. The van der Waals surface area contributed by atoms with Crippen molar-refractivity contribution in [2.75, 3.05) is 11.9 Å². The Bertz CT molecular complexity index is 442. The second kappa shape index (κ2) is 2.52. The molecule has 0 radical (unpaired) electrons. The van der Waals surface area contributed by atoms with Gasteiger partial charge in [0.25, 0.3) is 0 Å². The van der Waals surface area contributed by atoms with Gasteiger partial charge in [0, 0.05) is 24.7 Å². The SMILES string of the molecule is c1cc2c3c(c1)ccn3CCCN2. The van der Waals surface area contributed by atoms with Crippen LogP contribution in [0.5, 0.6) is 0 Å². The summed E-state index contributed by atoms with van der Waals surface area (Å²) in [5.41, 5.74) is 2.64. The zero-order valence-corrected chi connectivity index (χ0v) is 7.46. The summed E-state index contributed by atoms with van der Waals surface area (Å²) in [6, 6.07) is 8.62. The van der Waals surface area contributed by atoms with E-state index >= 15 is 0 Å². The van der Waals surface area contributed by atoms with Crippen LogP contribution in [-0.2, 0) is 6.54 Å². The smallest absolute Gasteiger partial charge is 0.0715 e. The highest BCUT2D eigenvalue weighted by Crippen LogP contribution is 2.26. The summed E-state index contributed by atoms with van der Waals surface area (Å²) in [5.74, 6) is 0. The molecule has 0 saturated carbocycles. The molecule has 1 aliphatic rings. The summed E-state index contributed by atoms with van der Waals surface area (Å²) in [4.78, 5) is 0. The van der Waals surface area contributed by atoms with Gasteiger partial charge in [-0.3, -0.25) is 0 Å². The Hall–Kier alpha value is -1.44. The summed E-state index contributed by atoms with van der Waals surface area (Å²) in [7, 11) is 0. The Morgan fingerprint density at radius 3 is 3.23 bits per heavy atom. The molecule has 0 aliphatic carbocycles. The molecule has 1 aromatic heterocycles. The highest BCUT2D eigenvalue weighted by molar-refractivity contribution is 5.91. The lowest BCUT2D eigenvalue weighted by molar-refractivity contribution is 0.694. The van der Waals surface area contributed by atoms with E-state index in [1.807, 2.05) is 0 Å². The largest absolute Gasteiger partial charge is 0.383 e. The Morgan fingerprint density at radius 1 is 1.23 bits per heavy atom. The molecule has 2 aromatic rings. The molecule has 1 N–H and O–H groups in total. The van der Waals surface area contributed by atoms with Gasteiger partial charge in [0.05, 0.1) is 11.2 Å². The molecule has 2 nitrogen and oxygen atoms in total. The zero-order valence-electron chi connectivity index (χ0n) is 7.46.